The Balaban J connectivity index is 1.50. The Morgan fingerprint density at radius 3 is 2.93 bits per heavy atom. The Hall–Kier alpha value is -2.66. The molecule has 1 aliphatic rings. The lowest BCUT2D eigenvalue weighted by Gasteiger charge is -2.26. The van der Waals surface area contributed by atoms with Crippen molar-refractivity contribution in [2.24, 2.45) is 0 Å². The molecule has 0 bridgehead atoms. The van der Waals surface area contributed by atoms with E-state index in [4.69, 9.17) is 4.74 Å². The summed E-state index contributed by atoms with van der Waals surface area (Å²) < 4.78 is 18.9. The number of aryl methyl sites for hydroxylation is 2. The summed E-state index contributed by atoms with van der Waals surface area (Å²) in [5.41, 5.74) is 4.26. The highest BCUT2D eigenvalue weighted by Gasteiger charge is 2.22. The number of carbonyl (C=O) groups excluding carboxylic acids is 1. The van der Waals surface area contributed by atoms with Crippen LogP contribution >= 0.6 is 11.8 Å². The largest absolute Gasteiger partial charge is 0.465 e. The fourth-order valence-electron chi connectivity index (χ4n) is 4.17. The maximum absolute atomic E-state index is 14.0. The molecule has 4 rings (SSSR count). The van der Waals surface area contributed by atoms with Crippen LogP contribution in [0.15, 0.2) is 70.7 Å². The van der Waals surface area contributed by atoms with E-state index in [-0.39, 0.29) is 11.8 Å². The number of rotatable bonds is 6. The van der Waals surface area contributed by atoms with Gasteiger partial charge in [0.05, 0.1) is 12.7 Å². The quantitative estimate of drug-likeness (QED) is 0.444. The standard InChI is InChI=1S/C25H24FNO2S/c1-29-25(28)22-13-14-27-16-19(22)10-9-17-5-4-6-18-15-20(11-12-21(17)18)30-24-8-3-2-7-23(24)26/h2-3,7-8,11-17H,4-6,9-10H2,1H3/t17-/m0/s1. The third kappa shape index (κ3) is 4.57. The van der Waals surface area contributed by atoms with E-state index in [1.807, 2.05) is 12.1 Å². The van der Waals surface area contributed by atoms with E-state index in [1.54, 1.807) is 24.5 Å². The van der Waals surface area contributed by atoms with E-state index in [0.717, 1.165) is 42.6 Å². The third-order valence-electron chi connectivity index (χ3n) is 5.69. The molecule has 0 saturated heterocycles. The number of fused-ring (bicyclic) bond motifs is 1. The van der Waals surface area contributed by atoms with Gasteiger partial charge in [-0.3, -0.25) is 4.98 Å². The molecule has 5 heteroatoms. The first-order chi connectivity index (χ1) is 14.7. The summed E-state index contributed by atoms with van der Waals surface area (Å²) in [6, 6.07) is 15.1. The van der Waals surface area contributed by atoms with E-state index in [9.17, 15) is 9.18 Å². The molecule has 0 saturated carbocycles. The molecule has 0 aliphatic heterocycles. The molecule has 1 aliphatic carbocycles. The topological polar surface area (TPSA) is 39.2 Å². The fraction of sp³-hybridized carbons (Fsp3) is 0.280. The van der Waals surface area contributed by atoms with Crippen LogP contribution in [0.3, 0.4) is 0 Å². The second-order valence-corrected chi connectivity index (χ2v) is 8.66. The van der Waals surface area contributed by atoms with Gasteiger partial charge in [0.15, 0.2) is 0 Å². The van der Waals surface area contributed by atoms with Crippen molar-refractivity contribution in [1.29, 1.82) is 0 Å². The van der Waals surface area contributed by atoms with Gasteiger partial charge in [-0.2, -0.15) is 0 Å². The summed E-state index contributed by atoms with van der Waals surface area (Å²) in [5, 5.41) is 0. The molecule has 3 aromatic rings. The number of carbonyl (C=O) groups is 1. The second kappa shape index (κ2) is 9.43. The third-order valence-corrected chi connectivity index (χ3v) is 6.73. The lowest BCUT2D eigenvalue weighted by molar-refractivity contribution is 0.0599. The minimum atomic E-state index is -0.314. The van der Waals surface area contributed by atoms with E-state index in [0.29, 0.717) is 16.4 Å². The van der Waals surface area contributed by atoms with Gasteiger partial charge >= 0.3 is 5.97 Å². The van der Waals surface area contributed by atoms with E-state index in [2.05, 4.69) is 23.2 Å². The van der Waals surface area contributed by atoms with E-state index >= 15 is 0 Å². The maximum atomic E-state index is 14.0. The number of ether oxygens (including phenoxy) is 1. The molecular weight excluding hydrogens is 397 g/mol. The van der Waals surface area contributed by atoms with Crippen LogP contribution in [0.4, 0.5) is 4.39 Å². The average Bonchev–Trinajstić information content (AvgIpc) is 2.78. The van der Waals surface area contributed by atoms with Crippen LogP contribution in [0.1, 0.15) is 52.2 Å². The monoisotopic (exact) mass is 421 g/mol. The van der Waals surface area contributed by atoms with Gasteiger partial charge in [-0.25, -0.2) is 9.18 Å². The summed E-state index contributed by atoms with van der Waals surface area (Å²) in [6.45, 7) is 0. The molecule has 0 fully saturated rings. The Bertz CT molecular complexity index is 1050. The summed E-state index contributed by atoms with van der Waals surface area (Å²) >= 11 is 1.47. The molecule has 0 spiro atoms. The normalized spacial score (nSPS) is 15.5. The summed E-state index contributed by atoms with van der Waals surface area (Å²) in [4.78, 5) is 17.9. The number of pyridine rings is 1. The lowest BCUT2D eigenvalue weighted by atomic mass is 9.80. The van der Waals surface area contributed by atoms with Gasteiger partial charge in [-0.05, 0) is 85.0 Å². The molecule has 0 amide bonds. The van der Waals surface area contributed by atoms with Gasteiger partial charge in [0.2, 0.25) is 0 Å². The molecule has 1 atom stereocenters. The predicted octanol–water partition coefficient (Wildman–Crippen LogP) is 6.21. The molecule has 0 radical (unpaired) electrons. The fourth-order valence-corrected chi connectivity index (χ4v) is 5.08. The second-order valence-electron chi connectivity index (χ2n) is 7.55. The molecule has 1 aromatic heterocycles. The van der Waals surface area contributed by atoms with Crippen LogP contribution < -0.4 is 0 Å². The Labute approximate surface area is 180 Å². The zero-order valence-electron chi connectivity index (χ0n) is 16.9. The Kier molecular flexibility index (Phi) is 6.48. The van der Waals surface area contributed by atoms with Crippen molar-refractivity contribution in [3.05, 3.63) is 89.0 Å². The van der Waals surface area contributed by atoms with Crippen molar-refractivity contribution >= 4 is 17.7 Å². The van der Waals surface area contributed by atoms with Gasteiger partial charge < -0.3 is 4.74 Å². The van der Waals surface area contributed by atoms with Gasteiger partial charge in [0.1, 0.15) is 5.82 Å². The lowest BCUT2D eigenvalue weighted by Crippen LogP contribution is -2.12. The molecule has 0 N–H and O–H groups in total. The van der Waals surface area contributed by atoms with Crippen molar-refractivity contribution < 1.29 is 13.9 Å². The molecule has 2 aromatic carbocycles. The highest BCUT2D eigenvalue weighted by Crippen LogP contribution is 2.38. The number of methoxy groups -OCH3 is 1. The number of aromatic nitrogens is 1. The maximum Gasteiger partial charge on any atom is 0.338 e. The van der Waals surface area contributed by atoms with Crippen LogP contribution in [0.2, 0.25) is 0 Å². The van der Waals surface area contributed by atoms with Gasteiger partial charge in [-0.1, -0.05) is 30.0 Å². The van der Waals surface area contributed by atoms with Crippen molar-refractivity contribution in [1.82, 2.24) is 4.98 Å². The van der Waals surface area contributed by atoms with E-state index < -0.39 is 0 Å². The number of nitrogens with zero attached hydrogens (tertiary/aromatic N) is 1. The smallest absolute Gasteiger partial charge is 0.338 e. The predicted molar refractivity (Wildman–Crippen MR) is 117 cm³/mol. The number of esters is 1. The first-order valence-corrected chi connectivity index (χ1v) is 11.0. The zero-order valence-corrected chi connectivity index (χ0v) is 17.8. The highest BCUT2D eigenvalue weighted by molar-refractivity contribution is 7.99. The van der Waals surface area contributed by atoms with Crippen LogP contribution in [-0.2, 0) is 17.6 Å². The Morgan fingerprint density at radius 1 is 1.23 bits per heavy atom. The summed E-state index contributed by atoms with van der Waals surface area (Å²) in [5.74, 6) is -0.0470. The minimum Gasteiger partial charge on any atom is -0.465 e. The molecule has 3 nitrogen and oxygen atoms in total. The van der Waals surface area contributed by atoms with Gasteiger partial charge in [0.25, 0.3) is 0 Å². The average molecular weight is 422 g/mol. The Morgan fingerprint density at radius 2 is 2.10 bits per heavy atom. The van der Waals surface area contributed by atoms with Crippen LogP contribution in [0.5, 0.6) is 0 Å². The molecular formula is C25H24FNO2S. The first kappa shape index (κ1) is 20.6. The molecule has 1 heterocycles. The van der Waals surface area contributed by atoms with Crippen molar-refractivity contribution in [3.63, 3.8) is 0 Å². The molecule has 0 unspecified atom stereocenters. The summed E-state index contributed by atoms with van der Waals surface area (Å²) in [6.07, 6.45) is 8.47. The van der Waals surface area contributed by atoms with Crippen molar-refractivity contribution in [3.8, 4) is 0 Å². The van der Waals surface area contributed by atoms with Crippen LogP contribution in [0.25, 0.3) is 0 Å². The number of benzene rings is 2. The summed E-state index contributed by atoms with van der Waals surface area (Å²) in [7, 11) is 1.40. The first-order valence-electron chi connectivity index (χ1n) is 10.2. The van der Waals surface area contributed by atoms with E-state index in [1.165, 1.54) is 36.1 Å². The van der Waals surface area contributed by atoms with Gasteiger partial charge in [-0.15, -0.1) is 0 Å². The molecule has 30 heavy (non-hydrogen) atoms. The van der Waals surface area contributed by atoms with Crippen molar-refractivity contribution in [2.45, 2.75) is 47.8 Å². The SMILES string of the molecule is COC(=O)c1ccncc1CC[C@@H]1CCCc2cc(Sc3ccccc3F)ccc21. The van der Waals surface area contributed by atoms with Crippen LogP contribution in [-0.4, -0.2) is 18.1 Å². The minimum absolute atomic E-state index is 0.184. The molecule has 154 valence electrons. The number of hydrogen-bond donors (Lipinski definition) is 0. The highest BCUT2D eigenvalue weighted by atomic mass is 32.2. The number of halogens is 1. The van der Waals surface area contributed by atoms with Crippen molar-refractivity contribution in [2.75, 3.05) is 7.11 Å². The van der Waals surface area contributed by atoms with Crippen LogP contribution in [0, 0.1) is 5.82 Å². The van der Waals surface area contributed by atoms with Gasteiger partial charge in [0, 0.05) is 22.2 Å². The zero-order chi connectivity index (χ0) is 20.9. The number of hydrogen-bond acceptors (Lipinski definition) is 4.